The number of para-hydroxylation sites is 3. The third kappa shape index (κ3) is 7.62. The second kappa shape index (κ2) is 13.3. The average molecular weight is 692 g/mol. The molecule has 5 aromatic carbocycles. The maximum atomic E-state index is 7.59. The zero-order chi connectivity index (χ0) is 35.8. The molecule has 0 fully saturated rings. The van der Waals surface area contributed by atoms with E-state index in [4.69, 9.17) is 22.6 Å². The molecule has 1 aliphatic heterocycles. The van der Waals surface area contributed by atoms with Crippen molar-refractivity contribution in [2.75, 3.05) is 7.05 Å². The second-order valence-corrected chi connectivity index (χ2v) is 17.8. The molecule has 262 valence electrons. The standard InChI is InChI=1S/C43H50NO5P/c1-31-25-33-29-44(9)30-34-26-32(2)28-39(43(6,7)8)41(34)49-50(45-35-19-13-10-14-20-35,46-36-21-15-11-16-22-36,47-37-23-17-12-18-24-37)48-40(33)38(27-31)42(3,4)5/h10-28H,29-30H2,1-9H3. The number of fused-ring (bicyclic) bond motifs is 2. The van der Waals surface area contributed by atoms with Crippen molar-refractivity contribution in [1.82, 2.24) is 4.90 Å². The van der Waals surface area contributed by atoms with Gasteiger partial charge in [0.2, 0.25) is 0 Å². The summed E-state index contributed by atoms with van der Waals surface area (Å²) < 4.78 is 36.9. The van der Waals surface area contributed by atoms with Crippen molar-refractivity contribution >= 4 is 7.74 Å². The van der Waals surface area contributed by atoms with Crippen molar-refractivity contribution in [1.29, 1.82) is 0 Å². The van der Waals surface area contributed by atoms with Gasteiger partial charge in [-0.15, -0.1) is 0 Å². The van der Waals surface area contributed by atoms with E-state index in [0.29, 0.717) is 41.8 Å². The van der Waals surface area contributed by atoms with Crippen LogP contribution in [-0.2, 0) is 23.9 Å². The molecule has 6 nitrogen and oxygen atoms in total. The number of aryl methyl sites for hydroxylation is 2. The molecular formula is C43H50NO5P. The predicted molar refractivity (Wildman–Crippen MR) is 204 cm³/mol. The van der Waals surface area contributed by atoms with Gasteiger partial charge in [-0.1, -0.05) is 0 Å². The second-order valence-electron chi connectivity index (χ2n) is 15.4. The molecule has 1 aliphatic rings. The molecule has 0 radical (unpaired) electrons. The van der Waals surface area contributed by atoms with Gasteiger partial charge in [0.05, 0.1) is 0 Å². The van der Waals surface area contributed by atoms with Crippen molar-refractivity contribution in [2.45, 2.75) is 79.3 Å². The molecule has 0 N–H and O–H groups in total. The molecule has 0 saturated heterocycles. The molecule has 0 aromatic heterocycles. The summed E-state index contributed by atoms with van der Waals surface area (Å²) in [6, 6.07) is 37.3. The van der Waals surface area contributed by atoms with Crippen molar-refractivity contribution in [3.05, 3.63) is 149 Å². The quantitative estimate of drug-likeness (QED) is 0.165. The van der Waals surface area contributed by atoms with Crippen LogP contribution in [0.2, 0.25) is 0 Å². The fourth-order valence-electron chi connectivity index (χ4n) is 6.34. The first kappa shape index (κ1) is 35.3. The molecule has 50 heavy (non-hydrogen) atoms. The number of hydrogen-bond acceptors (Lipinski definition) is 6. The van der Waals surface area contributed by atoms with Crippen LogP contribution in [0.5, 0.6) is 28.7 Å². The summed E-state index contributed by atoms with van der Waals surface area (Å²) in [5.41, 5.74) is 5.56. The molecule has 0 unspecified atom stereocenters. The van der Waals surface area contributed by atoms with Gasteiger partial charge in [0.15, 0.2) is 0 Å². The Bertz CT molecular complexity index is 1770. The maximum absolute atomic E-state index is 7.59. The molecular weight excluding hydrogens is 641 g/mol. The predicted octanol–water partition coefficient (Wildman–Crippen LogP) is 11.7. The fourth-order valence-corrected chi connectivity index (χ4v) is 9.14. The average Bonchev–Trinajstić information content (AvgIpc) is 3.03. The summed E-state index contributed by atoms with van der Waals surface area (Å²) in [6.07, 6.45) is 0. The van der Waals surface area contributed by atoms with Crippen LogP contribution in [0.3, 0.4) is 0 Å². The molecule has 1 heterocycles. The molecule has 5 aromatic rings. The monoisotopic (exact) mass is 691 g/mol. The molecule has 0 spiro atoms. The van der Waals surface area contributed by atoms with E-state index in [-0.39, 0.29) is 10.8 Å². The fraction of sp³-hybridized carbons (Fsp3) is 0.302. The normalized spacial score (nSPS) is 16.6. The first-order valence-corrected chi connectivity index (χ1v) is 19.1. The number of hydrogen-bond donors (Lipinski definition) is 0. The zero-order valence-electron chi connectivity index (χ0n) is 30.8. The SMILES string of the molecule is Cc1cc2c(c(C(C)(C)C)c1)OP(Oc1ccccc1)(Oc1ccccc1)(Oc1ccccc1)Oc1c(cc(C)cc1C(C)(C)C)CN(C)C2. The molecule has 0 saturated carbocycles. The third-order valence-corrected chi connectivity index (χ3v) is 11.1. The number of rotatable bonds is 6. The Balaban J connectivity index is 1.80. The Labute approximate surface area is 298 Å². The van der Waals surface area contributed by atoms with Crippen molar-refractivity contribution in [3.63, 3.8) is 0 Å². The summed E-state index contributed by atoms with van der Waals surface area (Å²) in [5, 5.41) is 0. The first-order valence-electron chi connectivity index (χ1n) is 17.3. The van der Waals surface area contributed by atoms with Gasteiger partial charge in [0, 0.05) is 0 Å². The summed E-state index contributed by atoms with van der Waals surface area (Å²) in [6.45, 7) is 18.6. The Kier molecular flexibility index (Phi) is 9.41. The Morgan fingerprint density at radius 3 is 1.14 bits per heavy atom. The molecule has 0 atom stereocenters. The van der Waals surface area contributed by atoms with Crippen LogP contribution in [0.25, 0.3) is 0 Å². The Morgan fingerprint density at radius 1 is 0.520 bits per heavy atom. The topological polar surface area (TPSA) is 49.4 Å². The van der Waals surface area contributed by atoms with E-state index >= 15 is 0 Å². The van der Waals surface area contributed by atoms with Crippen LogP contribution in [0.1, 0.15) is 74.9 Å². The van der Waals surface area contributed by atoms with Crippen molar-refractivity contribution < 1.29 is 22.6 Å². The van der Waals surface area contributed by atoms with Gasteiger partial charge in [0.25, 0.3) is 0 Å². The van der Waals surface area contributed by atoms with E-state index in [2.05, 4.69) is 91.6 Å². The van der Waals surface area contributed by atoms with Crippen LogP contribution < -0.4 is 22.6 Å². The third-order valence-electron chi connectivity index (χ3n) is 8.59. The van der Waals surface area contributed by atoms with Crippen LogP contribution in [0.15, 0.2) is 115 Å². The molecule has 0 amide bonds. The van der Waals surface area contributed by atoms with E-state index in [9.17, 15) is 0 Å². The molecule has 7 heteroatoms. The van der Waals surface area contributed by atoms with Gasteiger partial charge in [0.1, 0.15) is 0 Å². The van der Waals surface area contributed by atoms with E-state index in [1.54, 1.807) is 0 Å². The summed E-state index contributed by atoms with van der Waals surface area (Å²) in [4.78, 5) is 2.30. The summed E-state index contributed by atoms with van der Waals surface area (Å²) in [7, 11) is -3.30. The Hall–Kier alpha value is -4.51. The van der Waals surface area contributed by atoms with Crippen LogP contribution >= 0.6 is 7.74 Å². The van der Waals surface area contributed by atoms with Crippen LogP contribution in [0, 0.1) is 13.8 Å². The minimum absolute atomic E-state index is 0.323. The molecule has 0 aliphatic carbocycles. The van der Waals surface area contributed by atoms with Gasteiger partial charge >= 0.3 is 299 Å². The first-order chi connectivity index (χ1) is 23.6. The van der Waals surface area contributed by atoms with Gasteiger partial charge in [-0.2, -0.15) is 0 Å². The number of benzene rings is 5. The van der Waals surface area contributed by atoms with Gasteiger partial charge in [-0.25, -0.2) is 0 Å². The van der Waals surface area contributed by atoms with Crippen LogP contribution in [-0.4, -0.2) is 11.9 Å². The number of nitrogens with zero attached hydrogens (tertiary/aromatic N) is 1. The van der Waals surface area contributed by atoms with Crippen molar-refractivity contribution in [2.24, 2.45) is 0 Å². The zero-order valence-corrected chi connectivity index (χ0v) is 31.7. The molecule has 6 rings (SSSR count). The van der Waals surface area contributed by atoms with Gasteiger partial charge in [-0.3, -0.25) is 0 Å². The van der Waals surface area contributed by atoms with E-state index in [1.165, 1.54) is 0 Å². The van der Waals surface area contributed by atoms with Gasteiger partial charge < -0.3 is 0 Å². The van der Waals surface area contributed by atoms with E-state index < -0.39 is 7.74 Å². The minimum atomic E-state index is -5.43. The van der Waals surface area contributed by atoms with E-state index in [1.807, 2.05) is 91.0 Å². The Morgan fingerprint density at radius 2 is 0.840 bits per heavy atom. The van der Waals surface area contributed by atoms with Crippen molar-refractivity contribution in [3.8, 4) is 28.7 Å². The molecule has 0 bridgehead atoms. The van der Waals surface area contributed by atoms with Crippen LogP contribution in [0.4, 0.5) is 0 Å². The van der Waals surface area contributed by atoms with E-state index in [0.717, 1.165) is 33.4 Å². The summed E-state index contributed by atoms with van der Waals surface area (Å²) >= 11 is 0. The summed E-state index contributed by atoms with van der Waals surface area (Å²) in [5.74, 6) is 2.65. The van der Waals surface area contributed by atoms with Gasteiger partial charge in [-0.05, 0) is 0 Å².